The first kappa shape index (κ1) is 20.1. The van der Waals surface area contributed by atoms with Crippen LogP contribution in [0.2, 0.25) is 0 Å². The molecule has 8 heteroatoms. The van der Waals surface area contributed by atoms with Crippen LogP contribution in [0, 0.1) is 0 Å². The number of benzene rings is 2. The van der Waals surface area contributed by atoms with Crippen LogP contribution in [-0.4, -0.2) is 16.9 Å². The SMILES string of the molecule is O=C(O[C@@H](C(=O)Nc1cccc(C(F)(F)F)c1)c1ccccc1)c1ccccn1. The maximum absolute atomic E-state index is 12.9. The molecule has 1 aromatic heterocycles. The Balaban J connectivity index is 1.85. The van der Waals surface area contributed by atoms with Gasteiger partial charge in [0.15, 0.2) is 0 Å². The van der Waals surface area contributed by atoms with E-state index in [4.69, 9.17) is 4.74 Å². The molecule has 1 N–H and O–H groups in total. The third kappa shape index (κ3) is 5.19. The summed E-state index contributed by atoms with van der Waals surface area (Å²) >= 11 is 0. The highest BCUT2D eigenvalue weighted by Crippen LogP contribution is 2.31. The van der Waals surface area contributed by atoms with Crippen molar-refractivity contribution >= 4 is 17.6 Å². The number of carbonyl (C=O) groups excluding carboxylic acids is 2. The van der Waals surface area contributed by atoms with Crippen molar-refractivity contribution in [1.82, 2.24) is 4.98 Å². The number of anilines is 1. The summed E-state index contributed by atoms with van der Waals surface area (Å²) in [5.74, 6) is -1.63. The topological polar surface area (TPSA) is 68.3 Å². The van der Waals surface area contributed by atoms with Gasteiger partial charge < -0.3 is 10.1 Å². The minimum Gasteiger partial charge on any atom is -0.443 e. The van der Waals surface area contributed by atoms with Crippen molar-refractivity contribution in [2.24, 2.45) is 0 Å². The lowest BCUT2D eigenvalue weighted by Gasteiger charge is -2.18. The number of rotatable bonds is 5. The zero-order valence-electron chi connectivity index (χ0n) is 14.9. The standard InChI is InChI=1S/C21H15F3N2O3/c22-21(23,24)15-9-6-10-16(13-15)26-19(27)18(14-7-2-1-3-8-14)29-20(28)17-11-4-5-12-25-17/h1-13,18H,(H,26,27)/t18-/m1/s1. The van der Waals surface area contributed by atoms with Crippen molar-refractivity contribution in [3.8, 4) is 0 Å². The van der Waals surface area contributed by atoms with Gasteiger partial charge in [0, 0.05) is 17.4 Å². The first-order chi connectivity index (χ1) is 13.8. The molecule has 0 aliphatic carbocycles. The second kappa shape index (κ2) is 8.55. The molecule has 2 aromatic carbocycles. The van der Waals surface area contributed by atoms with Gasteiger partial charge in [0.25, 0.3) is 5.91 Å². The van der Waals surface area contributed by atoms with Crippen LogP contribution in [0.25, 0.3) is 0 Å². The number of nitrogens with one attached hydrogen (secondary N) is 1. The summed E-state index contributed by atoms with van der Waals surface area (Å²) in [6, 6.07) is 17.0. The van der Waals surface area contributed by atoms with Gasteiger partial charge in [0.1, 0.15) is 5.69 Å². The van der Waals surface area contributed by atoms with Gasteiger partial charge in [0.2, 0.25) is 6.10 Å². The van der Waals surface area contributed by atoms with E-state index < -0.39 is 29.7 Å². The van der Waals surface area contributed by atoms with Crippen LogP contribution < -0.4 is 5.32 Å². The monoisotopic (exact) mass is 400 g/mol. The number of hydrogen-bond donors (Lipinski definition) is 1. The summed E-state index contributed by atoms with van der Waals surface area (Å²) in [6.07, 6.45) is -4.53. The molecule has 0 aliphatic heterocycles. The highest BCUT2D eigenvalue weighted by atomic mass is 19.4. The molecule has 148 valence electrons. The number of ether oxygens (including phenoxy) is 1. The molecule has 29 heavy (non-hydrogen) atoms. The number of nitrogens with zero attached hydrogens (tertiary/aromatic N) is 1. The Morgan fingerprint density at radius 1 is 0.931 bits per heavy atom. The molecule has 0 spiro atoms. The Morgan fingerprint density at radius 3 is 2.31 bits per heavy atom. The second-order valence-corrected chi connectivity index (χ2v) is 5.98. The van der Waals surface area contributed by atoms with Crippen LogP contribution in [0.5, 0.6) is 0 Å². The zero-order valence-corrected chi connectivity index (χ0v) is 14.9. The summed E-state index contributed by atoms with van der Waals surface area (Å²) < 4.78 is 44.0. The lowest BCUT2D eigenvalue weighted by Crippen LogP contribution is -2.26. The third-order valence-corrected chi connectivity index (χ3v) is 3.90. The Hall–Kier alpha value is -3.68. The molecule has 0 unspecified atom stereocenters. The lowest BCUT2D eigenvalue weighted by atomic mass is 10.1. The number of alkyl halides is 3. The fraction of sp³-hybridized carbons (Fsp3) is 0.0952. The molecule has 1 amide bonds. The zero-order chi connectivity index (χ0) is 20.9. The third-order valence-electron chi connectivity index (χ3n) is 3.90. The minimum atomic E-state index is -4.55. The van der Waals surface area contributed by atoms with Crippen molar-refractivity contribution in [3.05, 3.63) is 95.8 Å². The molecule has 5 nitrogen and oxygen atoms in total. The molecule has 0 saturated heterocycles. The molecule has 0 aliphatic rings. The lowest BCUT2D eigenvalue weighted by molar-refractivity contribution is -0.137. The molecule has 0 radical (unpaired) electrons. The van der Waals surface area contributed by atoms with Crippen LogP contribution in [-0.2, 0) is 15.7 Å². The average molecular weight is 400 g/mol. The molecule has 1 atom stereocenters. The van der Waals surface area contributed by atoms with E-state index in [0.717, 1.165) is 12.1 Å². The molecule has 1 heterocycles. The molecular formula is C21H15F3N2O3. The van der Waals surface area contributed by atoms with E-state index in [1.165, 1.54) is 24.4 Å². The van der Waals surface area contributed by atoms with Gasteiger partial charge in [-0.1, -0.05) is 42.5 Å². The molecule has 3 aromatic rings. The largest absolute Gasteiger partial charge is 0.443 e. The Bertz CT molecular complexity index is 993. The Kier molecular flexibility index (Phi) is 5.92. The Labute approximate surface area is 164 Å². The predicted molar refractivity (Wildman–Crippen MR) is 98.9 cm³/mol. The fourth-order valence-electron chi connectivity index (χ4n) is 2.53. The van der Waals surface area contributed by atoms with Crippen molar-refractivity contribution in [2.45, 2.75) is 12.3 Å². The number of halogens is 3. The maximum atomic E-state index is 12.9. The van der Waals surface area contributed by atoms with Crippen LogP contribution in [0.1, 0.15) is 27.7 Å². The summed E-state index contributed by atoms with van der Waals surface area (Å²) in [6.45, 7) is 0. The number of carbonyl (C=O) groups is 2. The fourth-order valence-corrected chi connectivity index (χ4v) is 2.53. The van der Waals surface area contributed by atoms with E-state index in [1.807, 2.05) is 0 Å². The molecule has 0 bridgehead atoms. The number of pyridine rings is 1. The first-order valence-electron chi connectivity index (χ1n) is 8.49. The predicted octanol–water partition coefficient (Wildman–Crippen LogP) is 4.64. The maximum Gasteiger partial charge on any atom is 0.416 e. The highest BCUT2D eigenvalue weighted by Gasteiger charge is 2.31. The Morgan fingerprint density at radius 2 is 1.66 bits per heavy atom. The molecule has 3 rings (SSSR count). The van der Waals surface area contributed by atoms with Gasteiger partial charge in [-0.3, -0.25) is 4.79 Å². The smallest absolute Gasteiger partial charge is 0.416 e. The van der Waals surface area contributed by atoms with Gasteiger partial charge >= 0.3 is 12.1 Å². The first-order valence-corrected chi connectivity index (χ1v) is 8.49. The molecule has 0 fully saturated rings. The van der Waals surface area contributed by atoms with Gasteiger partial charge in [-0.05, 0) is 30.3 Å². The number of amides is 1. The van der Waals surface area contributed by atoms with Crippen LogP contribution in [0.15, 0.2) is 79.0 Å². The van der Waals surface area contributed by atoms with E-state index in [2.05, 4.69) is 10.3 Å². The summed E-state index contributed by atoms with van der Waals surface area (Å²) in [4.78, 5) is 29.0. The van der Waals surface area contributed by atoms with Crippen LogP contribution in [0.3, 0.4) is 0 Å². The van der Waals surface area contributed by atoms with E-state index in [9.17, 15) is 22.8 Å². The van der Waals surface area contributed by atoms with Crippen molar-refractivity contribution < 1.29 is 27.5 Å². The van der Waals surface area contributed by atoms with Crippen molar-refractivity contribution in [2.75, 3.05) is 5.32 Å². The molecule has 0 saturated carbocycles. The summed E-state index contributed by atoms with van der Waals surface area (Å²) in [5.41, 5.74) is -0.613. The van der Waals surface area contributed by atoms with Gasteiger partial charge in [0.05, 0.1) is 5.56 Å². The normalized spacial score (nSPS) is 12.1. The number of aromatic nitrogens is 1. The summed E-state index contributed by atoms with van der Waals surface area (Å²) in [5, 5.41) is 2.37. The van der Waals surface area contributed by atoms with Crippen LogP contribution >= 0.6 is 0 Å². The van der Waals surface area contributed by atoms with Crippen LogP contribution in [0.4, 0.5) is 18.9 Å². The van der Waals surface area contributed by atoms with E-state index >= 15 is 0 Å². The average Bonchev–Trinajstić information content (AvgIpc) is 2.72. The quantitative estimate of drug-likeness (QED) is 0.634. The van der Waals surface area contributed by atoms with Gasteiger partial charge in [-0.25, -0.2) is 9.78 Å². The number of esters is 1. The van der Waals surface area contributed by atoms with Gasteiger partial charge in [-0.2, -0.15) is 13.2 Å². The molecular weight excluding hydrogens is 385 g/mol. The van der Waals surface area contributed by atoms with Crippen molar-refractivity contribution in [1.29, 1.82) is 0 Å². The van der Waals surface area contributed by atoms with Gasteiger partial charge in [-0.15, -0.1) is 0 Å². The minimum absolute atomic E-state index is 0.000278. The second-order valence-electron chi connectivity index (χ2n) is 5.98. The summed E-state index contributed by atoms with van der Waals surface area (Å²) in [7, 11) is 0. The van der Waals surface area contributed by atoms with E-state index in [-0.39, 0.29) is 11.4 Å². The number of hydrogen-bond acceptors (Lipinski definition) is 4. The van der Waals surface area contributed by atoms with E-state index in [1.54, 1.807) is 42.5 Å². The highest BCUT2D eigenvalue weighted by molar-refractivity contribution is 5.97. The van der Waals surface area contributed by atoms with Crippen molar-refractivity contribution in [3.63, 3.8) is 0 Å². The van der Waals surface area contributed by atoms with E-state index in [0.29, 0.717) is 5.56 Å².